The van der Waals surface area contributed by atoms with Gasteiger partial charge in [-0.05, 0) is 25.6 Å². The van der Waals surface area contributed by atoms with Crippen LogP contribution in [-0.2, 0) is 4.84 Å². The second-order valence-electron chi connectivity index (χ2n) is 1.38. The first-order valence-corrected chi connectivity index (χ1v) is 2.91. The Morgan fingerprint density at radius 1 is 1.88 bits per heavy atom. The van der Waals surface area contributed by atoms with E-state index in [1.165, 1.54) is 0 Å². The summed E-state index contributed by atoms with van der Waals surface area (Å²) in [5.41, 5.74) is 2.09. The van der Waals surface area contributed by atoms with Crippen molar-refractivity contribution in [2.45, 2.75) is 20.3 Å². The third-order valence-corrected chi connectivity index (χ3v) is 0.849. The zero-order chi connectivity index (χ0) is 6.41. The summed E-state index contributed by atoms with van der Waals surface area (Å²) in [5.74, 6) is 0. The molecule has 0 radical (unpaired) electrons. The van der Waals surface area contributed by atoms with Gasteiger partial charge in [0.25, 0.3) is 0 Å². The van der Waals surface area contributed by atoms with Crippen molar-refractivity contribution in [2.75, 3.05) is 0 Å². The highest BCUT2D eigenvalue weighted by atomic mass is 32.1. The molecular weight excluding hydrogens is 122 g/mol. The molecule has 46 valence electrons. The van der Waals surface area contributed by atoms with Crippen molar-refractivity contribution >= 4 is 23.5 Å². The molecule has 0 fully saturated rings. The molecule has 0 spiro atoms. The minimum Gasteiger partial charge on any atom is -0.353 e. The highest BCUT2D eigenvalue weighted by Gasteiger charge is 1.81. The zero-order valence-corrected chi connectivity index (χ0v) is 5.86. The van der Waals surface area contributed by atoms with Gasteiger partial charge in [-0.25, -0.2) is 0 Å². The van der Waals surface area contributed by atoms with Gasteiger partial charge in [0.05, 0.1) is 5.71 Å². The lowest BCUT2D eigenvalue weighted by Gasteiger charge is -1.88. The molecule has 0 heterocycles. The van der Waals surface area contributed by atoms with Crippen molar-refractivity contribution < 1.29 is 4.84 Å². The van der Waals surface area contributed by atoms with Crippen LogP contribution in [0.5, 0.6) is 0 Å². The molecule has 0 aromatic carbocycles. The van der Waals surface area contributed by atoms with E-state index in [1.807, 2.05) is 13.8 Å². The smallest absolute Gasteiger partial charge is 0.185 e. The van der Waals surface area contributed by atoms with Crippen molar-refractivity contribution in [1.82, 2.24) is 0 Å². The number of nitrogens with zero attached hydrogens (tertiary/aromatic N) is 1. The summed E-state index contributed by atoms with van der Waals surface area (Å²) in [4.78, 5) is 4.46. The Morgan fingerprint density at radius 2 is 2.50 bits per heavy atom. The largest absolute Gasteiger partial charge is 0.353 e. The zero-order valence-electron chi connectivity index (χ0n) is 5.05. The topological polar surface area (TPSA) is 21.6 Å². The number of oxime groups is 1. The van der Waals surface area contributed by atoms with Crippen LogP contribution in [0.3, 0.4) is 0 Å². The first kappa shape index (κ1) is 7.56. The van der Waals surface area contributed by atoms with Crippen LogP contribution in [0.4, 0.5) is 0 Å². The molecule has 0 amide bonds. The lowest BCUT2D eigenvalue weighted by Crippen LogP contribution is -1.87. The molecule has 0 bridgehead atoms. The Balaban J connectivity index is 3.40. The van der Waals surface area contributed by atoms with E-state index in [0.29, 0.717) is 0 Å². The summed E-state index contributed by atoms with van der Waals surface area (Å²) in [6.45, 7) is 3.89. The maximum absolute atomic E-state index is 4.46. The van der Waals surface area contributed by atoms with Crippen molar-refractivity contribution in [3.05, 3.63) is 0 Å². The predicted octanol–water partition coefficient (Wildman–Crippen LogP) is 1.75. The fourth-order valence-electron chi connectivity index (χ4n) is 0.176. The summed E-state index contributed by atoms with van der Waals surface area (Å²) in [7, 11) is 0. The molecule has 0 aromatic heterocycles. The van der Waals surface area contributed by atoms with E-state index in [-0.39, 0.29) is 0 Å². The molecule has 0 saturated heterocycles. The van der Waals surface area contributed by atoms with Crippen molar-refractivity contribution in [3.8, 4) is 0 Å². The third kappa shape index (κ3) is 3.74. The summed E-state index contributed by atoms with van der Waals surface area (Å²) in [6.07, 6.45) is 0.906. The van der Waals surface area contributed by atoms with Crippen LogP contribution >= 0.6 is 12.2 Å². The van der Waals surface area contributed by atoms with Gasteiger partial charge in [-0.2, -0.15) is 0 Å². The Hall–Kier alpha value is -0.440. The lowest BCUT2D eigenvalue weighted by molar-refractivity contribution is 0.351. The van der Waals surface area contributed by atoms with Gasteiger partial charge >= 0.3 is 0 Å². The van der Waals surface area contributed by atoms with Crippen LogP contribution in [0.1, 0.15) is 20.3 Å². The monoisotopic (exact) mass is 131 g/mol. The van der Waals surface area contributed by atoms with Crippen LogP contribution in [0.25, 0.3) is 0 Å². The lowest BCUT2D eigenvalue weighted by atomic mass is 10.3. The SMILES string of the molecule is CCC(C)=NOC=S. The molecule has 0 saturated carbocycles. The van der Waals surface area contributed by atoms with Gasteiger partial charge in [-0.1, -0.05) is 12.1 Å². The molecular formula is C5H9NOS. The normalized spacial score (nSPS) is 11.0. The molecule has 0 unspecified atom stereocenters. The maximum Gasteiger partial charge on any atom is 0.185 e. The summed E-state index contributed by atoms with van der Waals surface area (Å²) in [6, 6.07) is 0. The second kappa shape index (κ2) is 4.71. The van der Waals surface area contributed by atoms with Crippen LogP contribution in [0.15, 0.2) is 5.16 Å². The van der Waals surface area contributed by atoms with Gasteiger partial charge in [0.2, 0.25) is 0 Å². The van der Waals surface area contributed by atoms with Crippen LogP contribution in [0, 0.1) is 0 Å². The van der Waals surface area contributed by atoms with Crippen LogP contribution in [-0.4, -0.2) is 11.3 Å². The van der Waals surface area contributed by atoms with Crippen LogP contribution < -0.4 is 0 Å². The van der Waals surface area contributed by atoms with E-state index < -0.39 is 0 Å². The van der Waals surface area contributed by atoms with Gasteiger partial charge in [0.1, 0.15) is 0 Å². The summed E-state index contributed by atoms with van der Waals surface area (Å²) >= 11 is 4.36. The van der Waals surface area contributed by atoms with E-state index in [2.05, 4.69) is 22.2 Å². The predicted molar refractivity (Wildman–Crippen MR) is 38.1 cm³/mol. The number of hydrogen-bond acceptors (Lipinski definition) is 3. The summed E-state index contributed by atoms with van der Waals surface area (Å²) in [5, 5.41) is 3.62. The highest BCUT2D eigenvalue weighted by Crippen LogP contribution is 1.83. The van der Waals surface area contributed by atoms with E-state index >= 15 is 0 Å². The minimum atomic E-state index is 0.906. The molecule has 0 aliphatic heterocycles. The second-order valence-corrected chi connectivity index (χ2v) is 1.57. The van der Waals surface area contributed by atoms with Gasteiger partial charge in [0, 0.05) is 0 Å². The third-order valence-electron chi connectivity index (χ3n) is 0.763. The molecule has 3 heteroatoms. The van der Waals surface area contributed by atoms with Crippen molar-refractivity contribution in [1.29, 1.82) is 0 Å². The van der Waals surface area contributed by atoms with E-state index in [1.54, 1.807) is 0 Å². The fourth-order valence-corrected chi connectivity index (χ4v) is 0.219. The minimum absolute atomic E-state index is 0.906. The van der Waals surface area contributed by atoms with Crippen molar-refractivity contribution in [3.63, 3.8) is 0 Å². The Kier molecular flexibility index (Phi) is 4.45. The van der Waals surface area contributed by atoms with Gasteiger partial charge < -0.3 is 4.84 Å². The Labute approximate surface area is 54.5 Å². The molecule has 8 heavy (non-hydrogen) atoms. The molecule has 0 N–H and O–H groups in total. The van der Waals surface area contributed by atoms with Gasteiger partial charge in [-0.15, -0.1) is 0 Å². The van der Waals surface area contributed by atoms with E-state index in [9.17, 15) is 0 Å². The highest BCUT2D eigenvalue weighted by molar-refractivity contribution is 7.78. The molecule has 0 aromatic rings. The molecule has 2 nitrogen and oxygen atoms in total. The Bertz CT molecular complexity index is 101. The number of hydrogen-bond donors (Lipinski definition) is 0. The van der Waals surface area contributed by atoms with E-state index in [4.69, 9.17) is 0 Å². The number of rotatable bonds is 3. The average molecular weight is 131 g/mol. The van der Waals surface area contributed by atoms with Gasteiger partial charge in [-0.3, -0.25) is 0 Å². The summed E-state index contributed by atoms with van der Waals surface area (Å²) < 4.78 is 0. The quantitative estimate of drug-likeness (QED) is 0.330. The van der Waals surface area contributed by atoms with E-state index in [0.717, 1.165) is 17.7 Å². The molecule has 0 aliphatic rings. The Morgan fingerprint density at radius 3 is 2.88 bits per heavy atom. The molecule has 0 atom stereocenters. The number of thiocarbonyl (C=S) groups is 1. The molecule has 0 rings (SSSR count). The standard InChI is InChI=1S/C5H9NOS/c1-3-5(2)6-7-4-8/h4H,3H2,1-2H3. The average Bonchev–Trinajstić information content (AvgIpc) is 1.83. The maximum atomic E-state index is 4.46. The first-order chi connectivity index (χ1) is 3.81. The first-order valence-electron chi connectivity index (χ1n) is 2.44. The van der Waals surface area contributed by atoms with Crippen molar-refractivity contribution in [2.24, 2.45) is 5.16 Å². The fraction of sp³-hybridized carbons (Fsp3) is 0.600. The van der Waals surface area contributed by atoms with Gasteiger partial charge in [0.15, 0.2) is 5.55 Å². The van der Waals surface area contributed by atoms with Crippen LogP contribution in [0.2, 0.25) is 0 Å². The molecule has 0 aliphatic carbocycles.